The number of phenolic OH excluding ortho intramolecular Hbond substituents is 1. The minimum atomic E-state index is -1.06. The Kier molecular flexibility index (Phi) is 2.31. The summed E-state index contributed by atoms with van der Waals surface area (Å²) in [5, 5.41) is 23.2. The summed E-state index contributed by atoms with van der Waals surface area (Å²) in [5.41, 5.74) is 0.960. The van der Waals surface area contributed by atoms with Crippen LogP contribution in [0.4, 0.5) is 0 Å². The third-order valence-corrected chi connectivity index (χ3v) is 2.91. The number of carbonyl (C=O) groups is 1. The third kappa shape index (κ3) is 1.74. The number of aromatic carboxylic acids is 1. The van der Waals surface area contributed by atoms with E-state index in [1.165, 1.54) is 16.9 Å². The molecule has 0 bridgehead atoms. The van der Waals surface area contributed by atoms with Gasteiger partial charge in [-0.15, -0.1) is 0 Å². The Bertz CT molecular complexity index is 785. The summed E-state index contributed by atoms with van der Waals surface area (Å²) in [7, 11) is 1.65. The molecule has 0 spiro atoms. The van der Waals surface area contributed by atoms with Crippen molar-refractivity contribution in [3.05, 3.63) is 36.0 Å². The molecular weight excluding hydrogens is 248 g/mol. The number of carboxylic acids is 1. The molecule has 0 unspecified atom stereocenters. The first-order valence-corrected chi connectivity index (χ1v) is 5.54. The van der Waals surface area contributed by atoms with Crippen LogP contribution in [0.15, 0.2) is 34.9 Å². The first-order chi connectivity index (χ1) is 9.06. The van der Waals surface area contributed by atoms with E-state index >= 15 is 0 Å². The molecule has 6 nitrogen and oxygen atoms in total. The van der Waals surface area contributed by atoms with Crippen LogP contribution in [0.2, 0.25) is 0 Å². The standard InChI is InChI=1S/C13H10N2O4/c1-15-12(9(6-14-15)13(17)18)11-4-7-2-3-8(16)5-10(7)19-11/h2-6,16H,1H3,(H,17,18). The Balaban J connectivity index is 2.24. The number of benzene rings is 1. The number of aromatic nitrogens is 2. The quantitative estimate of drug-likeness (QED) is 0.735. The van der Waals surface area contributed by atoms with Gasteiger partial charge in [-0.1, -0.05) is 0 Å². The smallest absolute Gasteiger partial charge is 0.339 e. The van der Waals surface area contributed by atoms with Crippen molar-refractivity contribution in [2.75, 3.05) is 0 Å². The van der Waals surface area contributed by atoms with Gasteiger partial charge < -0.3 is 14.6 Å². The molecule has 3 rings (SSSR count). The molecule has 96 valence electrons. The second-order valence-corrected chi connectivity index (χ2v) is 4.17. The van der Waals surface area contributed by atoms with Crippen LogP contribution in [-0.4, -0.2) is 26.0 Å². The van der Waals surface area contributed by atoms with E-state index in [2.05, 4.69) is 5.10 Å². The largest absolute Gasteiger partial charge is 0.508 e. The highest BCUT2D eigenvalue weighted by Gasteiger charge is 2.20. The average Bonchev–Trinajstić information content (AvgIpc) is 2.91. The van der Waals surface area contributed by atoms with Gasteiger partial charge >= 0.3 is 5.97 Å². The van der Waals surface area contributed by atoms with Gasteiger partial charge in [-0.3, -0.25) is 4.68 Å². The number of aryl methyl sites for hydroxylation is 1. The molecule has 19 heavy (non-hydrogen) atoms. The molecule has 0 radical (unpaired) electrons. The first-order valence-electron chi connectivity index (χ1n) is 5.54. The highest BCUT2D eigenvalue weighted by Crippen LogP contribution is 2.31. The first kappa shape index (κ1) is 11.3. The molecule has 0 aliphatic rings. The summed E-state index contributed by atoms with van der Waals surface area (Å²) >= 11 is 0. The van der Waals surface area contributed by atoms with Crippen molar-refractivity contribution in [2.24, 2.45) is 7.05 Å². The number of fused-ring (bicyclic) bond motifs is 1. The topological polar surface area (TPSA) is 88.5 Å². The van der Waals surface area contributed by atoms with Gasteiger partial charge in [0.15, 0.2) is 5.76 Å². The van der Waals surface area contributed by atoms with E-state index in [4.69, 9.17) is 9.52 Å². The molecule has 0 aliphatic carbocycles. The highest BCUT2D eigenvalue weighted by molar-refractivity contribution is 5.95. The van der Waals surface area contributed by atoms with E-state index in [1.807, 2.05) is 0 Å². The summed E-state index contributed by atoms with van der Waals surface area (Å²) in [6, 6.07) is 6.45. The molecule has 3 aromatic rings. The normalized spacial score (nSPS) is 11.0. The van der Waals surface area contributed by atoms with Crippen LogP contribution in [0.25, 0.3) is 22.4 Å². The van der Waals surface area contributed by atoms with Gasteiger partial charge in [-0.2, -0.15) is 5.10 Å². The zero-order valence-corrected chi connectivity index (χ0v) is 9.99. The summed E-state index contributed by atoms with van der Waals surface area (Å²) in [5.74, 6) is -0.568. The van der Waals surface area contributed by atoms with E-state index in [1.54, 1.807) is 25.2 Å². The minimum Gasteiger partial charge on any atom is -0.508 e. The van der Waals surface area contributed by atoms with Crippen molar-refractivity contribution in [3.63, 3.8) is 0 Å². The van der Waals surface area contributed by atoms with Crippen LogP contribution in [0.3, 0.4) is 0 Å². The number of aromatic hydroxyl groups is 1. The van der Waals surface area contributed by atoms with E-state index in [0.717, 1.165) is 5.39 Å². The zero-order chi connectivity index (χ0) is 13.6. The predicted octanol–water partition coefficient (Wildman–Crippen LogP) is 2.24. The van der Waals surface area contributed by atoms with Gasteiger partial charge in [0.2, 0.25) is 0 Å². The lowest BCUT2D eigenvalue weighted by Crippen LogP contribution is -1.99. The predicted molar refractivity (Wildman–Crippen MR) is 67.0 cm³/mol. The van der Waals surface area contributed by atoms with Crippen LogP contribution in [0, 0.1) is 0 Å². The molecule has 0 saturated carbocycles. The Morgan fingerprint density at radius 2 is 2.16 bits per heavy atom. The molecule has 2 heterocycles. The number of carboxylic acid groups (broad SMARTS) is 1. The van der Waals surface area contributed by atoms with Gasteiger partial charge in [0.25, 0.3) is 0 Å². The number of nitrogens with zero attached hydrogens (tertiary/aromatic N) is 2. The summed E-state index contributed by atoms with van der Waals surface area (Å²) in [4.78, 5) is 11.1. The molecular formula is C13H10N2O4. The molecule has 0 aliphatic heterocycles. The van der Waals surface area contributed by atoms with Crippen LogP contribution in [-0.2, 0) is 7.05 Å². The minimum absolute atomic E-state index is 0.0748. The van der Waals surface area contributed by atoms with Crippen molar-refractivity contribution in [2.45, 2.75) is 0 Å². The number of phenols is 1. The Labute approximate surface area is 107 Å². The number of rotatable bonds is 2. The maximum absolute atomic E-state index is 11.1. The third-order valence-electron chi connectivity index (χ3n) is 2.91. The van der Waals surface area contributed by atoms with Crippen molar-refractivity contribution in [1.29, 1.82) is 0 Å². The Morgan fingerprint density at radius 1 is 1.37 bits per heavy atom. The Hall–Kier alpha value is -2.76. The van der Waals surface area contributed by atoms with Gasteiger partial charge in [-0.25, -0.2) is 4.79 Å². The van der Waals surface area contributed by atoms with Crippen molar-refractivity contribution >= 4 is 16.9 Å². The highest BCUT2D eigenvalue weighted by atomic mass is 16.4. The van der Waals surface area contributed by atoms with E-state index in [-0.39, 0.29) is 11.3 Å². The van der Waals surface area contributed by atoms with Gasteiger partial charge in [-0.05, 0) is 18.2 Å². The average molecular weight is 258 g/mol. The second kappa shape index (κ2) is 3.88. The summed E-state index contributed by atoms with van der Waals surface area (Å²) < 4.78 is 7.03. The Morgan fingerprint density at radius 3 is 2.89 bits per heavy atom. The molecule has 0 saturated heterocycles. The van der Waals surface area contributed by atoms with Crippen LogP contribution < -0.4 is 0 Å². The van der Waals surface area contributed by atoms with E-state index in [9.17, 15) is 9.90 Å². The fourth-order valence-electron chi connectivity index (χ4n) is 2.02. The molecule has 0 fully saturated rings. The molecule has 6 heteroatoms. The SMILES string of the molecule is Cn1ncc(C(=O)O)c1-c1cc2ccc(O)cc2o1. The van der Waals surface area contributed by atoms with Gasteiger partial charge in [0.05, 0.1) is 6.20 Å². The number of hydrogen-bond acceptors (Lipinski definition) is 4. The molecule has 1 aromatic carbocycles. The number of furan rings is 1. The zero-order valence-electron chi connectivity index (χ0n) is 9.99. The maximum atomic E-state index is 11.1. The van der Waals surface area contributed by atoms with Crippen molar-refractivity contribution < 1.29 is 19.4 Å². The van der Waals surface area contributed by atoms with Gasteiger partial charge in [0.1, 0.15) is 22.6 Å². The molecule has 0 amide bonds. The van der Waals surface area contributed by atoms with E-state index in [0.29, 0.717) is 17.0 Å². The monoisotopic (exact) mass is 258 g/mol. The van der Waals surface area contributed by atoms with Crippen molar-refractivity contribution in [1.82, 2.24) is 9.78 Å². The fraction of sp³-hybridized carbons (Fsp3) is 0.0769. The number of hydrogen-bond donors (Lipinski definition) is 2. The lowest BCUT2D eigenvalue weighted by atomic mass is 10.2. The fourth-order valence-corrected chi connectivity index (χ4v) is 2.02. The molecule has 2 aromatic heterocycles. The molecule has 2 N–H and O–H groups in total. The van der Waals surface area contributed by atoms with Crippen molar-refractivity contribution in [3.8, 4) is 17.2 Å². The van der Waals surface area contributed by atoms with Crippen LogP contribution in [0.1, 0.15) is 10.4 Å². The van der Waals surface area contributed by atoms with Gasteiger partial charge in [0, 0.05) is 18.5 Å². The van der Waals surface area contributed by atoms with E-state index < -0.39 is 5.97 Å². The van der Waals surface area contributed by atoms with Crippen LogP contribution in [0.5, 0.6) is 5.75 Å². The summed E-state index contributed by atoms with van der Waals surface area (Å²) in [6.07, 6.45) is 1.28. The van der Waals surface area contributed by atoms with Crippen LogP contribution >= 0.6 is 0 Å². The summed E-state index contributed by atoms with van der Waals surface area (Å²) in [6.45, 7) is 0. The molecule has 0 atom stereocenters. The lowest BCUT2D eigenvalue weighted by Gasteiger charge is -1.99. The lowest BCUT2D eigenvalue weighted by molar-refractivity contribution is 0.0697. The second-order valence-electron chi connectivity index (χ2n) is 4.17. The maximum Gasteiger partial charge on any atom is 0.339 e.